The zero-order chi connectivity index (χ0) is 15.2. The highest BCUT2D eigenvalue weighted by Crippen LogP contribution is 2.22. The summed E-state index contributed by atoms with van der Waals surface area (Å²) in [6.45, 7) is 6.88. The monoisotopic (exact) mass is 298 g/mol. The summed E-state index contributed by atoms with van der Waals surface area (Å²) >= 11 is 0. The highest BCUT2D eigenvalue weighted by Gasteiger charge is 2.30. The number of rotatable bonds is 6. The van der Waals surface area contributed by atoms with Gasteiger partial charge in [-0.15, -0.1) is 0 Å². The van der Waals surface area contributed by atoms with Crippen LogP contribution in [0.1, 0.15) is 19.3 Å². The van der Waals surface area contributed by atoms with Gasteiger partial charge in [0.1, 0.15) is 0 Å². The molecule has 2 atom stereocenters. The summed E-state index contributed by atoms with van der Waals surface area (Å²) in [6.07, 6.45) is 3.85. The van der Waals surface area contributed by atoms with Gasteiger partial charge in [-0.3, -0.25) is 4.90 Å². The third-order valence-electron chi connectivity index (χ3n) is 5.44. The predicted octanol–water partition coefficient (Wildman–Crippen LogP) is -0.0854. The molecule has 0 radical (unpaired) electrons. The number of hydrogen-bond acceptors (Lipinski definition) is 5. The molecule has 124 valence electrons. The lowest BCUT2D eigenvalue weighted by Crippen LogP contribution is -2.54. The molecule has 2 fully saturated rings. The maximum atomic E-state index is 9.19. The van der Waals surface area contributed by atoms with E-state index in [1.165, 1.54) is 38.9 Å². The van der Waals surface area contributed by atoms with Gasteiger partial charge in [-0.2, -0.15) is 0 Å². The number of aliphatic hydroxyl groups is 1. The van der Waals surface area contributed by atoms with Gasteiger partial charge >= 0.3 is 0 Å². The number of likely N-dealkylation sites (tertiary alicyclic amines) is 1. The van der Waals surface area contributed by atoms with Crippen LogP contribution < -0.4 is 5.32 Å². The van der Waals surface area contributed by atoms with Gasteiger partial charge in [0, 0.05) is 31.7 Å². The minimum Gasteiger partial charge on any atom is -0.395 e. The van der Waals surface area contributed by atoms with E-state index in [9.17, 15) is 5.11 Å². The van der Waals surface area contributed by atoms with E-state index < -0.39 is 0 Å². The van der Waals surface area contributed by atoms with Crippen molar-refractivity contribution in [3.63, 3.8) is 0 Å². The first-order valence-electron chi connectivity index (χ1n) is 8.52. The van der Waals surface area contributed by atoms with E-state index in [-0.39, 0.29) is 6.61 Å². The van der Waals surface area contributed by atoms with Gasteiger partial charge in [0.2, 0.25) is 0 Å². The molecule has 2 heterocycles. The van der Waals surface area contributed by atoms with Gasteiger partial charge in [-0.25, -0.2) is 0 Å². The Hall–Kier alpha value is -0.200. The molecular formula is C16H34N4O. The lowest BCUT2D eigenvalue weighted by Gasteiger charge is -2.42. The molecule has 2 unspecified atom stereocenters. The second-order valence-corrected chi connectivity index (χ2v) is 7.00. The second-order valence-electron chi connectivity index (χ2n) is 7.00. The number of nitrogens with one attached hydrogen (secondary N) is 1. The van der Waals surface area contributed by atoms with E-state index in [1.807, 2.05) is 0 Å². The fourth-order valence-electron chi connectivity index (χ4n) is 3.90. The SMILES string of the molecule is CN1CCC(N(C)CC2CCNCC2N(C)CCO)CC1. The van der Waals surface area contributed by atoms with Crippen LogP contribution in [-0.4, -0.2) is 98.9 Å². The number of hydrogen-bond donors (Lipinski definition) is 2. The Kier molecular flexibility index (Phi) is 6.89. The average Bonchev–Trinajstić information content (AvgIpc) is 2.48. The number of nitrogens with zero attached hydrogens (tertiary/aromatic N) is 3. The molecule has 21 heavy (non-hydrogen) atoms. The van der Waals surface area contributed by atoms with E-state index >= 15 is 0 Å². The first-order chi connectivity index (χ1) is 10.1. The fraction of sp³-hybridized carbons (Fsp3) is 1.00. The minimum absolute atomic E-state index is 0.254. The lowest BCUT2D eigenvalue weighted by molar-refractivity contribution is 0.0711. The van der Waals surface area contributed by atoms with Crippen molar-refractivity contribution in [2.45, 2.75) is 31.3 Å². The Labute approximate surface area is 130 Å². The number of piperidine rings is 2. The molecular weight excluding hydrogens is 264 g/mol. The molecule has 2 N–H and O–H groups in total. The second kappa shape index (κ2) is 8.44. The van der Waals surface area contributed by atoms with Crippen LogP contribution in [-0.2, 0) is 0 Å². The van der Waals surface area contributed by atoms with Crippen molar-refractivity contribution in [1.82, 2.24) is 20.0 Å². The summed E-state index contributed by atoms with van der Waals surface area (Å²) in [5.41, 5.74) is 0. The lowest BCUT2D eigenvalue weighted by atomic mass is 9.90. The minimum atomic E-state index is 0.254. The predicted molar refractivity (Wildman–Crippen MR) is 87.6 cm³/mol. The molecule has 0 aliphatic carbocycles. The van der Waals surface area contributed by atoms with Crippen molar-refractivity contribution in [3.8, 4) is 0 Å². The Balaban J connectivity index is 1.86. The zero-order valence-electron chi connectivity index (χ0n) is 14.1. The molecule has 0 aromatic rings. The van der Waals surface area contributed by atoms with Crippen molar-refractivity contribution in [3.05, 3.63) is 0 Å². The molecule has 0 bridgehead atoms. The van der Waals surface area contributed by atoms with Gasteiger partial charge in [-0.05, 0) is 66.0 Å². The largest absolute Gasteiger partial charge is 0.395 e. The van der Waals surface area contributed by atoms with Crippen LogP contribution in [0.5, 0.6) is 0 Å². The highest BCUT2D eigenvalue weighted by molar-refractivity contribution is 4.88. The molecule has 5 nitrogen and oxygen atoms in total. The first-order valence-corrected chi connectivity index (χ1v) is 8.52. The quantitative estimate of drug-likeness (QED) is 0.718. The van der Waals surface area contributed by atoms with Crippen LogP contribution >= 0.6 is 0 Å². The summed E-state index contributed by atoms with van der Waals surface area (Å²) < 4.78 is 0. The summed E-state index contributed by atoms with van der Waals surface area (Å²) in [6, 6.07) is 1.31. The van der Waals surface area contributed by atoms with Crippen molar-refractivity contribution in [1.29, 1.82) is 0 Å². The Morgan fingerprint density at radius 2 is 1.86 bits per heavy atom. The third-order valence-corrected chi connectivity index (χ3v) is 5.44. The molecule has 0 aromatic heterocycles. The third kappa shape index (κ3) is 4.89. The van der Waals surface area contributed by atoms with Gasteiger partial charge < -0.3 is 20.2 Å². The molecule has 2 rings (SSSR count). The van der Waals surface area contributed by atoms with Crippen molar-refractivity contribution in [2.75, 3.05) is 67.0 Å². The van der Waals surface area contributed by atoms with Crippen LogP contribution in [0.4, 0.5) is 0 Å². The van der Waals surface area contributed by atoms with E-state index in [0.29, 0.717) is 12.0 Å². The Morgan fingerprint density at radius 1 is 1.14 bits per heavy atom. The van der Waals surface area contributed by atoms with Crippen LogP contribution in [0.25, 0.3) is 0 Å². The number of likely N-dealkylation sites (N-methyl/N-ethyl adjacent to an activating group) is 1. The summed E-state index contributed by atoms with van der Waals surface area (Å²) in [4.78, 5) is 7.37. The maximum absolute atomic E-state index is 9.19. The molecule has 2 aliphatic rings. The topological polar surface area (TPSA) is 42.0 Å². The van der Waals surface area contributed by atoms with Gasteiger partial charge in [0.15, 0.2) is 0 Å². The van der Waals surface area contributed by atoms with E-state index in [2.05, 4.69) is 41.2 Å². The van der Waals surface area contributed by atoms with E-state index in [1.54, 1.807) is 0 Å². The average molecular weight is 298 g/mol. The molecule has 2 aliphatic heterocycles. The molecule has 5 heteroatoms. The van der Waals surface area contributed by atoms with Crippen LogP contribution in [0, 0.1) is 5.92 Å². The molecule has 0 spiro atoms. The van der Waals surface area contributed by atoms with Gasteiger partial charge in [0.05, 0.1) is 6.61 Å². The van der Waals surface area contributed by atoms with Crippen LogP contribution in [0.2, 0.25) is 0 Å². The summed E-state index contributed by atoms with van der Waals surface area (Å²) in [5, 5.41) is 12.7. The normalized spacial score (nSPS) is 29.4. The molecule has 0 aromatic carbocycles. The van der Waals surface area contributed by atoms with Crippen molar-refractivity contribution >= 4 is 0 Å². The molecule has 0 amide bonds. The standard InChI is InChI=1S/C16H34N4O/c1-18-8-5-15(6-9-18)20(3)13-14-4-7-17-12-16(14)19(2)10-11-21/h14-17,21H,4-13H2,1-3H3. The first kappa shape index (κ1) is 17.2. The number of aliphatic hydroxyl groups excluding tert-OH is 1. The van der Waals surface area contributed by atoms with E-state index in [4.69, 9.17) is 0 Å². The van der Waals surface area contributed by atoms with Crippen molar-refractivity contribution in [2.24, 2.45) is 5.92 Å². The highest BCUT2D eigenvalue weighted by atomic mass is 16.3. The Bertz CT molecular complexity index is 294. The van der Waals surface area contributed by atoms with Crippen LogP contribution in [0.15, 0.2) is 0 Å². The maximum Gasteiger partial charge on any atom is 0.0558 e. The van der Waals surface area contributed by atoms with Gasteiger partial charge in [-0.1, -0.05) is 0 Å². The zero-order valence-corrected chi connectivity index (χ0v) is 14.1. The van der Waals surface area contributed by atoms with Crippen LogP contribution in [0.3, 0.4) is 0 Å². The summed E-state index contributed by atoms with van der Waals surface area (Å²) in [7, 11) is 6.68. The van der Waals surface area contributed by atoms with Gasteiger partial charge in [0.25, 0.3) is 0 Å². The molecule has 2 saturated heterocycles. The fourth-order valence-corrected chi connectivity index (χ4v) is 3.90. The summed E-state index contributed by atoms with van der Waals surface area (Å²) in [5.74, 6) is 0.715. The Morgan fingerprint density at radius 3 is 2.52 bits per heavy atom. The smallest absolute Gasteiger partial charge is 0.0558 e. The van der Waals surface area contributed by atoms with E-state index in [0.717, 1.165) is 25.7 Å². The van der Waals surface area contributed by atoms with Crippen molar-refractivity contribution < 1.29 is 5.11 Å². The molecule has 0 saturated carbocycles.